The van der Waals surface area contributed by atoms with Crippen molar-refractivity contribution in [3.05, 3.63) is 48.0 Å². The van der Waals surface area contributed by atoms with Crippen LogP contribution in [0.1, 0.15) is 32.3 Å². The molecule has 1 amide bonds. The Morgan fingerprint density at radius 2 is 1.77 bits per heavy atom. The number of aromatic nitrogens is 1. The molecule has 0 bridgehead atoms. The second-order valence-corrected chi connectivity index (χ2v) is 10.2. The molecule has 0 spiro atoms. The van der Waals surface area contributed by atoms with Crippen molar-refractivity contribution in [1.82, 2.24) is 9.29 Å². The number of carbonyl (C=O) groups is 1. The topological polar surface area (TPSA) is 88.6 Å². The zero-order valence-corrected chi connectivity index (χ0v) is 19.6. The molecule has 166 valence electrons. The maximum Gasteiger partial charge on any atom is 0.264 e. The highest BCUT2D eigenvalue weighted by molar-refractivity contribution is 7.89. The number of aryl methyl sites for hydroxylation is 1. The third kappa shape index (κ3) is 5.81. The van der Waals surface area contributed by atoms with Gasteiger partial charge < -0.3 is 4.74 Å². The molecule has 0 aliphatic heterocycles. The molecule has 0 unspecified atom stereocenters. The second-order valence-electron chi connectivity index (χ2n) is 7.20. The third-order valence-corrected chi connectivity index (χ3v) is 7.41. The van der Waals surface area contributed by atoms with E-state index in [0.29, 0.717) is 34.2 Å². The minimum atomic E-state index is -3.57. The van der Waals surface area contributed by atoms with Gasteiger partial charge in [0, 0.05) is 13.1 Å². The maximum absolute atomic E-state index is 13.0. The lowest BCUT2D eigenvalue weighted by molar-refractivity contribution is -0.118. The van der Waals surface area contributed by atoms with Gasteiger partial charge in [-0.05, 0) is 50.1 Å². The Balaban J connectivity index is 1.71. The van der Waals surface area contributed by atoms with Gasteiger partial charge in [-0.3, -0.25) is 10.1 Å². The van der Waals surface area contributed by atoms with E-state index in [2.05, 4.69) is 10.3 Å². The number of fused-ring (bicyclic) bond motifs is 1. The summed E-state index contributed by atoms with van der Waals surface area (Å²) in [6.45, 7) is 6.73. The minimum absolute atomic E-state index is 0.137. The van der Waals surface area contributed by atoms with Crippen LogP contribution in [0.4, 0.5) is 5.13 Å². The summed E-state index contributed by atoms with van der Waals surface area (Å²) in [7, 11) is -3.57. The van der Waals surface area contributed by atoms with Gasteiger partial charge in [0.2, 0.25) is 10.0 Å². The molecule has 1 N–H and O–H groups in total. The normalized spacial score (nSPS) is 11.7. The first-order valence-electron chi connectivity index (χ1n) is 10.2. The molecule has 0 atom stereocenters. The number of nitrogens with zero attached hydrogens (tertiary/aromatic N) is 2. The Morgan fingerprint density at radius 3 is 2.42 bits per heavy atom. The number of amides is 1. The molecule has 3 rings (SSSR count). The van der Waals surface area contributed by atoms with Crippen molar-refractivity contribution in [2.75, 3.05) is 25.0 Å². The number of sulfonamides is 1. The molecule has 31 heavy (non-hydrogen) atoms. The van der Waals surface area contributed by atoms with Crippen molar-refractivity contribution in [1.29, 1.82) is 0 Å². The minimum Gasteiger partial charge on any atom is -0.484 e. The first-order valence-corrected chi connectivity index (χ1v) is 12.5. The van der Waals surface area contributed by atoms with E-state index in [1.807, 2.05) is 45.0 Å². The van der Waals surface area contributed by atoms with Gasteiger partial charge >= 0.3 is 0 Å². The van der Waals surface area contributed by atoms with Crippen molar-refractivity contribution < 1.29 is 17.9 Å². The van der Waals surface area contributed by atoms with Crippen molar-refractivity contribution in [3.63, 3.8) is 0 Å². The van der Waals surface area contributed by atoms with E-state index in [1.54, 1.807) is 18.2 Å². The average Bonchev–Trinajstić information content (AvgIpc) is 3.14. The van der Waals surface area contributed by atoms with Crippen LogP contribution in [-0.2, 0) is 14.8 Å². The summed E-state index contributed by atoms with van der Waals surface area (Å²) in [5.41, 5.74) is 1.75. The highest BCUT2D eigenvalue weighted by atomic mass is 32.2. The average molecular weight is 462 g/mol. The largest absolute Gasteiger partial charge is 0.484 e. The predicted octanol–water partition coefficient (Wildman–Crippen LogP) is 4.43. The lowest BCUT2D eigenvalue weighted by atomic mass is 10.2. The molecule has 0 aliphatic rings. The van der Waals surface area contributed by atoms with Crippen LogP contribution in [-0.4, -0.2) is 43.3 Å². The highest BCUT2D eigenvalue weighted by Gasteiger charge is 2.23. The highest BCUT2D eigenvalue weighted by Crippen LogP contribution is 2.29. The van der Waals surface area contributed by atoms with Crippen LogP contribution in [0.2, 0.25) is 0 Å². The van der Waals surface area contributed by atoms with E-state index in [4.69, 9.17) is 4.74 Å². The summed E-state index contributed by atoms with van der Waals surface area (Å²) in [5.74, 6) is 0.285. The quantitative estimate of drug-likeness (QED) is 0.482. The first-order chi connectivity index (χ1) is 14.8. The van der Waals surface area contributed by atoms with Gasteiger partial charge in [-0.25, -0.2) is 13.4 Å². The molecule has 0 saturated heterocycles. The molecule has 0 radical (unpaired) electrons. The van der Waals surface area contributed by atoms with E-state index in [-0.39, 0.29) is 17.4 Å². The zero-order valence-electron chi connectivity index (χ0n) is 17.9. The Morgan fingerprint density at radius 1 is 1.10 bits per heavy atom. The van der Waals surface area contributed by atoms with Crippen LogP contribution in [0, 0.1) is 6.92 Å². The number of thiazole rings is 1. The van der Waals surface area contributed by atoms with Gasteiger partial charge in [-0.2, -0.15) is 4.31 Å². The van der Waals surface area contributed by atoms with Crippen molar-refractivity contribution >= 4 is 42.6 Å². The summed E-state index contributed by atoms with van der Waals surface area (Å²) in [5, 5.41) is 3.12. The molecule has 0 aliphatic carbocycles. The molecule has 7 nitrogen and oxygen atoms in total. The molecule has 2 aromatic carbocycles. The number of benzene rings is 2. The van der Waals surface area contributed by atoms with E-state index >= 15 is 0 Å². The number of rotatable bonds is 10. The predicted molar refractivity (Wildman–Crippen MR) is 124 cm³/mol. The Labute approximate surface area is 187 Å². The third-order valence-electron chi connectivity index (χ3n) is 4.58. The van der Waals surface area contributed by atoms with Crippen molar-refractivity contribution in [2.45, 2.75) is 38.5 Å². The Bertz CT molecular complexity index is 1140. The lowest BCUT2D eigenvalue weighted by Crippen LogP contribution is -2.32. The summed E-state index contributed by atoms with van der Waals surface area (Å²) < 4.78 is 33.7. The van der Waals surface area contributed by atoms with Gasteiger partial charge in [0.05, 0.1) is 15.1 Å². The Hall–Kier alpha value is -2.49. The van der Waals surface area contributed by atoms with E-state index < -0.39 is 10.0 Å². The van der Waals surface area contributed by atoms with E-state index in [1.165, 1.54) is 15.6 Å². The molecular weight excluding hydrogens is 434 g/mol. The van der Waals surface area contributed by atoms with Gasteiger partial charge in [0.1, 0.15) is 5.75 Å². The van der Waals surface area contributed by atoms with Crippen LogP contribution < -0.4 is 10.1 Å². The molecule has 9 heteroatoms. The molecule has 1 heterocycles. The van der Waals surface area contributed by atoms with E-state index in [0.717, 1.165) is 18.4 Å². The first kappa shape index (κ1) is 23.2. The Kier molecular flexibility index (Phi) is 7.64. The van der Waals surface area contributed by atoms with Crippen LogP contribution in [0.5, 0.6) is 5.75 Å². The summed E-state index contributed by atoms with van der Waals surface area (Å²) >= 11 is 1.24. The zero-order chi connectivity index (χ0) is 22.4. The fourth-order valence-corrected chi connectivity index (χ4v) is 5.70. The fraction of sp³-hybridized carbons (Fsp3) is 0.364. The molecule has 0 saturated carbocycles. The van der Waals surface area contributed by atoms with Crippen LogP contribution in [0.15, 0.2) is 47.4 Å². The number of nitrogens with one attached hydrogen (secondary N) is 1. The van der Waals surface area contributed by atoms with Crippen LogP contribution in [0.3, 0.4) is 0 Å². The summed E-state index contributed by atoms with van der Waals surface area (Å²) in [4.78, 5) is 16.8. The van der Waals surface area contributed by atoms with Crippen LogP contribution in [0.25, 0.3) is 10.2 Å². The van der Waals surface area contributed by atoms with E-state index in [9.17, 15) is 13.2 Å². The van der Waals surface area contributed by atoms with Crippen molar-refractivity contribution in [2.24, 2.45) is 0 Å². The number of hydrogen-bond acceptors (Lipinski definition) is 6. The number of hydrogen-bond donors (Lipinski definition) is 1. The summed E-state index contributed by atoms with van der Waals surface area (Å²) in [6, 6.07) is 12.3. The SMILES string of the molecule is CCCN(CCC)S(=O)(=O)c1ccc2nc(NC(=O)COc3ccc(C)cc3)sc2c1. The van der Waals surface area contributed by atoms with Gasteiger partial charge in [-0.15, -0.1) is 0 Å². The molecule has 3 aromatic rings. The van der Waals surface area contributed by atoms with Gasteiger partial charge in [0.25, 0.3) is 5.91 Å². The van der Waals surface area contributed by atoms with Crippen LogP contribution >= 0.6 is 11.3 Å². The molecule has 0 fully saturated rings. The number of anilines is 1. The summed E-state index contributed by atoms with van der Waals surface area (Å²) in [6.07, 6.45) is 1.51. The van der Waals surface area contributed by atoms with Gasteiger partial charge in [0.15, 0.2) is 11.7 Å². The van der Waals surface area contributed by atoms with Crippen molar-refractivity contribution in [3.8, 4) is 5.75 Å². The smallest absolute Gasteiger partial charge is 0.264 e. The lowest BCUT2D eigenvalue weighted by Gasteiger charge is -2.20. The fourth-order valence-electron chi connectivity index (χ4n) is 3.06. The number of carbonyl (C=O) groups excluding carboxylic acids is 1. The monoisotopic (exact) mass is 461 g/mol. The maximum atomic E-state index is 13.0. The number of ether oxygens (including phenoxy) is 1. The molecular formula is C22H27N3O4S2. The standard InChI is InChI=1S/C22H27N3O4S2/c1-4-12-25(13-5-2)31(27,28)18-10-11-19-20(14-18)30-22(23-19)24-21(26)15-29-17-8-6-16(3)7-9-17/h6-11,14H,4-5,12-13,15H2,1-3H3,(H,23,24,26). The molecule has 1 aromatic heterocycles. The second kappa shape index (κ2) is 10.2. The van der Waals surface area contributed by atoms with Gasteiger partial charge in [-0.1, -0.05) is 42.9 Å².